The molecule has 3 heterocycles. The third-order valence-corrected chi connectivity index (χ3v) is 9.20. The number of anilines is 1. The van der Waals surface area contributed by atoms with E-state index >= 15 is 0 Å². The van der Waals surface area contributed by atoms with E-state index in [-0.39, 0.29) is 23.0 Å². The van der Waals surface area contributed by atoms with E-state index in [1.807, 2.05) is 73.7 Å². The number of hydrogen-bond donors (Lipinski definition) is 2. The van der Waals surface area contributed by atoms with Gasteiger partial charge in [0, 0.05) is 30.1 Å². The third-order valence-electron chi connectivity index (χ3n) is 9.20. The fraction of sp³-hybridized carbons (Fsp3) is 0.171. The van der Waals surface area contributed by atoms with Crippen molar-refractivity contribution in [2.75, 3.05) is 11.9 Å². The van der Waals surface area contributed by atoms with Gasteiger partial charge in [-0.2, -0.15) is 0 Å². The molecule has 1 fully saturated rings. The van der Waals surface area contributed by atoms with E-state index in [2.05, 4.69) is 38.6 Å². The summed E-state index contributed by atoms with van der Waals surface area (Å²) in [7, 11) is 0. The summed E-state index contributed by atoms with van der Waals surface area (Å²) in [4.78, 5) is 50.3. The van der Waals surface area contributed by atoms with Crippen molar-refractivity contribution in [3.8, 4) is 11.5 Å². The Bertz CT molecular complexity index is 2450. The number of benzene rings is 4. The highest BCUT2D eigenvalue weighted by atomic mass is 16.4. The van der Waals surface area contributed by atoms with Crippen molar-refractivity contribution >= 4 is 50.1 Å². The molecule has 9 nitrogen and oxygen atoms in total. The van der Waals surface area contributed by atoms with Crippen LogP contribution in [0.3, 0.4) is 0 Å². The number of carbonyl (C=O) groups excluding carboxylic acids is 2. The Hall–Kier alpha value is -6.22. The molecule has 7 aromatic rings. The zero-order valence-corrected chi connectivity index (χ0v) is 27.8. The quantitative estimate of drug-likeness (QED) is 0.185. The van der Waals surface area contributed by atoms with Crippen molar-refractivity contribution in [1.29, 1.82) is 0 Å². The number of fused-ring (bicyclic) bond motifs is 3. The third kappa shape index (κ3) is 6.58. The topological polar surface area (TPSA) is 127 Å². The van der Waals surface area contributed by atoms with Crippen LogP contribution in [0, 0.1) is 19.8 Å². The fourth-order valence-corrected chi connectivity index (χ4v) is 6.21. The van der Waals surface area contributed by atoms with Gasteiger partial charge in [-0.1, -0.05) is 67.1 Å². The van der Waals surface area contributed by atoms with Crippen LogP contribution in [0.2, 0.25) is 0 Å². The summed E-state index contributed by atoms with van der Waals surface area (Å²) in [6.45, 7) is 4.74. The molecule has 3 aromatic heterocycles. The fourth-order valence-electron chi connectivity index (χ4n) is 6.21. The number of aromatic nitrogens is 3. The molecular weight excluding hydrogens is 626 g/mol. The Labute approximate surface area is 288 Å². The highest BCUT2D eigenvalue weighted by Crippen LogP contribution is 2.30. The van der Waals surface area contributed by atoms with Crippen LogP contribution >= 0.6 is 0 Å². The van der Waals surface area contributed by atoms with Crippen LogP contribution in [0.15, 0.2) is 119 Å². The van der Waals surface area contributed by atoms with Gasteiger partial charge in [-0.3, -0.25) is 9.59 Å². The summed E-state index contributed by atoms with van der Waals surface area (Å²) in [5.74, 6) is 0.375. The number of nitrogens with zero attached hydrogens (tertiary/aromatic N) is 3. The Morgan fingerprint density at radius 3 is 2.14 bits per heavy atom. The molecular formula is C41H35N5O4. The minimum atomic E-state index is -0.467. The first kappa shape index (κ1) is 32.3. The largest absolute Gasteiger partial charge is 0.402 e. The predicted octanol–water partition coefficient (Wildman–Crippen LogP) is 8.04. The van der Waals surface area contributed by atoms with Crippen LogP contribution in [0.5, 0.6) is 0 Å². The molecule has 0 bridgehead atoms. The van der Waals surface area contributed by atoms with Crippen molar-refractivity contribution < 1.29 is 14.0 Å². The van der Waals surface area contributed by atoms with Crippen molar-refractivity contribution in [3.05, 3.63) is 142 Å². The number of aryl methyl sites for hydroxylation is 2. The first-order chi connectivity index (χ1) is 24.4. The molecule has 4 aromatic carbocycles. The van der Waals surface area contributed by atoms with Crippen LogP contribution in [0.4, 0.5) is 5.69 Å². The summed E-state index contributed by atoms with van der Waals surface area (Å²) >= 11 is 0. The minimum absolute atomic E-state index is 0.242. The van der Waals surface area contributed by atoms with Gasteiger partial charge in [-0.15, -0.1) is 0 Å². The van der Waals surface area contributed by atoms with Gasteiger partial charge in [0.2, 0.25) is 5.89 Å². The SMILES string of the molecule is Cc1ccc(-c2nc3cccnc3c(=O)o2)c2ccccc12.Cc1ccc(C(=O)Nc2cccnc2C(=O)NCC2CCC2)c2ccccc12. The molecule has 0 radical (unpaired) electrons. The molecule has 1 aliphatic rings. The molecule has 1 aliphatic carbocycles. The highest BCUT2D eigenvalue weighted by molar-refractivity contribution is 6.15. The van der Waals surface area contributed by atoms with Crippen molar-refractivity contribution in [2.45, 2.75) is 33.1 Å². The smallest absolute Gasteiger partial charge is 0.365 e. The van der Waals surface area contributed by atoms with E-state index in [1.165, 1.54) is 12.0 Å². The second-order valence-corrected chi connectivity index (χ2v) is 12.5. The molecule has 1 saturated carbocycles. The molecule has 50 heavy (non-hydrogen) atoms. The summed E-state index contributed by atoms with van der Waals surface area (Å²) in [6, 6.07) is 30.5. The lowest BCUT2D eigenvalue weighted by molar-refractivity contribution is 0.0935. The zero-order chi connectivity index (χ0) is 34.6. The molecule has 0 aliphatic heterocycles. The van der Waals surface area contributed by atoms with Gasteiger partial charge in [0.25, 0.3) is 11.8 Å². The Morgan fingerprint density at radius 2 is 1.40 bits per heavy atom. The van der Waals surface area contributed by atoms with E-state index in [0.29, 0.717) is 35.1 Å². The van der Waals surface area contributed by atoms with E-state index in [4.69, 9.17) is 4.42 Å². The first-order valence-electron chi connectivity index (χ1n) is 16.6. The molecule has 0 spiro atoms. The summed E-state index contributed by atoms with van der Waals surface area (Å²) in [5, 5.41) is 9.88. The predicted molar refractivity (Wildman–Crippen MR) is 196 cm³/mol. The Kier molecular flexibility index (Phi) is 9.12. The van der Waals surface area contributed by atoms with Crippen molar-refractivity contribution in [2.24, 2.45) is 5.92 Å². The van der Waals surface area contributed by atoms with Gasteiger partial charge in [-0.25, -0.2) is 19.7 Å². The van der Waals surface area contributed by atoms with E-state index in [0.717, 1.165) is 45.5 Å². The van der Waals surface area contributed by atoms with Crippen molar-refractivity contribution in [1.82, 2.24) is 20.3 Å². The monoisotopic (exact) mass is 661 g/mol. The van der Waals surface area contributed by atoms with E-state index in [9.17, 15) is 14.4 Å². The number of carbonyl (C=O) groups is 2. The zero-order valence-electron chi connectivity index (χ0n) is 27.8. The molecule has 8 rings (SSSR count). The minimum Gasteiger partial charge on any atom is -0.402 e. The Morgan fingerprint density at radius 1 is 0.740 bits per heavy atom. The van der Waals surface area contributed by atoms with Crippen LogP contribution in [0.25, 0.3) is 44.0 Å². The lowest BCUT2D eigenvalue weighted by Crippen LogP contribution is -2.33. The van der Waals surface area contributed by atoms with Crippen LogP contribution in [0.1, 0.15) is 51.2 Å². The molecule has 0 atom stereocenters. The van der Waals surface area contributed by atoms with Crippen molar-refractivity contribution in [3.63, 3.8) is 0 Å². The van der Waals surface area contributed by atoms with Gasteiger partial charge >= 0.3 is 5.63 Å². The Balaban J connectivity index is 0.000000161. The average molecular weight is 662 g/mol. The number of hydrogen-bond acceptors (Lipinski definition) is 7. The first-order valence-corrected chi connectivity index (χ1v) is 16.6. The summed E-state index contributed by atoms with van der Waals surface area (Å²) in [6.07, 6.45) is 6.67. The molecule has 9 heteroatoms. The van der Waals surface area contributed by atoms with E-state index in [1.54, 1.807) is 36.7 Å². The van der Waals surface area contributed by atoms with Gasteiger partial charge < -0.3 is 15.1 Å². The van der Waals surface area contributed by atoms with Gasteiger partial charge in [0.15, 0.2) is 11.2 Å². The lowest BCUT2D eigenvalue weighted by Gasteiger charge is -2.25. The normalized spacial score (nSPS) is 12.6. The summed E-state index contributed by atoms with van der Waals surface area (Å²) < 4.78 is 5.40. The second-order valence-electron chi connectivity index (χ2n) is 12.5. The molecule has 248 valence electrons. The van der Waals surface area contributed by atoms with Gasteiger partial charge in [0.1, 0.15) is 5.52 Å². The molecule has 2 N–H and O–H groups in total. The number of rotatable bonds is 6. The second kappa shape index (κ2) is 14.1. The van der Waals surface area contributed by atoms with Crippen LogP contribution in [-0.4, -0.2) is 33.3 Å². The molecule has 2 amide bonds. The van der Waals surface area contributed by atoms with Gasteiger partial charge in [-0.05, 0) is 102 Å². The maximum Gasteiger partial charge on any atom is 0.365 e. The van der Waals surface area contributed by atoms with Gasteiger partial charge in [0.05, 0.1) is 5.69 Å². The van der Waals surface area contributed by atoms with Crippen LogP contribution < -0.4 is 16.3 Å². The maximum atomic E-state index is 13.0. The highest BCUT2D eigenvalue weighted by Gasteiger charge is 2.21. The summed E-state index contributed by atoms with van der Waals surface area (Å²) in [5.41, 5.74) is 4.66. The number of pyridine rings is 2. The van der Waals surface area contributed by atoms with Crippen LogP contribution in [-0.2, 0) is 0 Å². The number of amides is 2. The lowest BCUT2D eigenvalue weighted by atomic mass is 9.85. The standard InChI is InChI=1S/C23H23N3O2.C18H12N2O2/c1-15-11-12-19(18-9-3-2-8-17(15)18)22(27)26-20-10-5-13-24-21(20)23(28)25-14-16-6-4-7-16;1-11-8-9-14(13-6-3-2-5-12(11)13)17-20-15-7-4-10-19-16(15)18(21)22-17/h2-3,5,8-13,16H,4,6-7,14H2,1H3,(H,25,28)(H,26,27);2-10H,1H3. The van der Waals surface area contributed by atoms with E-state index < -0.39 is 5.63 Å². The maximum absolute atomic E-state index is 13.0. The average Bonchev–Trinajstić information content (AvgIpc) is 3.12. The molecule has 0 unspecified atom stereocenters. The number of nitrogens with one attached hydrogen (secondary N) is 2. The molecule has 0 saturated heterocycles.